The molecule has 1 aromatic rings. The van der Waals surface area contributed by atoms with E-state index >= 15 is 0 Å². The van der Waals surface area contributed by atoms with Crippen molar-refractivity contribution >= 4 is 27.6 Å². The predicted octanol–water partition coefficient (Wildman–Crippen LogP) is 3.73. The molecule has 1 amide bonds. The number of carbonyl (C=O) groups is 2. The van der Waals surface area contributed by atoms with E-state index in [-0.39, 0.29) is 17.9 Å². The molecule has 2 fully saturated rings. The van der Waals surface area contributed by atoms with Crippen LogP contribution in [0.4, 0.5) is 0 Å². The number of aryl methyl sites for hydroxylation is 1. The molecule has 2 atom stereocenters. The van der Waals surface area contributed by atoms with Gasteiger partial charge in [-0.1, -0.05) is 15.9 Å². The molecule has 1 aromatic carbocycles. The van der Waals surface area contributed by atoms with Gasteiger partial charge in [0, 0.05) is 35.0 Å². The third-order valence-corrected chi connectivity index (χ3v) is 5.29. The van der Waals surface area contributed by atoms with Gasteiger partial charge in [-0.05, 0) is 56.4 Å². The number of likely N-dealkylation sites (tertiary alicyclic amines) is 1. The number of hydrogen-bond donors (Lipinski definition) is 0. The van der Waals surface area contributed by atoms with Crippen LogP contribution in [0.15, 0.2) is 22.7 Å². The van der Waals surface area contributed by atoms with E-state index in [4.69, 9.17) is 0 Å². The molecular weight excluding hydrogens is 330 g/mol. The summed E-state index contributed by atoms with van der Waals surface area (Å²) in [6, 6.07) is 5.88. The number of nitrogens with zero attached hydrogens (tertiary/aromatic N) is 1. The first-order chi connectivity index (χ1) is 10.1. The Labute approximate surface area is 133 Å². The number of benzene rings is 1. The second-order valence-corrected chi connectivity index (χ2v) is 7.05. The van der Waals surface area contributed by atoms with E-state index < -0.39 is 0 Å². The van der Waals surface area contributed by atoms with Gasteiger partial charge in [-0.25, -0.2) is 0 Å². The maximum atomic E-state index is 12.9. The van der Waals surface area contributed by atoms with Gasteiger partial charge >= 0.3 is 0 Å². The second kappa shape index (κ2) is 5.91. The zero-order valence-corrected chi connectivity index (χ0v) is 13.9. The third kappa shape index (κ3) is 2.78. The number of hydrogen-bond acceptors (Lipinski definition) is 2. The Morgan fingerprint density at radius 3 is 2.76 bits per heavy atom. The van der Waals surface area contributed by atoms with Gasteiger partial charge < -0.3 is 4.90 Å². The first kappa shape index (κ1) is 14.8. The first-order valence-corrected chi connectivity index (χ1v) is 8.47. The molecule has 3 nitrogen and oxygen atoms in total. The van der Waals surface area contributed by atoms with Crippen molar-refractivity contribution in [3.8, 4) is 0 Å². The summed E-state index contributed by atoms with van der Waals surface area (Å²) < 4.78 is 0.987. The smallest absolute Gasteiger partial charge is 0.254 e. The Kier molecular flexibility index (Phi) is 4.16. The number of carbonyl (C=O) groups excluding carboxylic acids is 2. The molecule has 112 valence electrons. The zero-order chi connectivity index (χ0) is 15.0. The Morgan fingerprint density at radius 2 is 2.10 bits per heavy atom. The fraction of sp³-hybridized carbons (Fsp3) is 0.529. The van der Waals surface area contributed by atoms with Crippen molar-refractivity contribution in [2.24, 2.45) is 5.92 Å². The van der Waals surface area contributed by atoms with Crippen LogP contribution in [0.3, 0.4) is 0 Å². The molecule has 0 radical (unpaired) electrons. The van der Waals surface area contributed by atoms with E-state index in [0.717, 1.165) is 47.8 Å². The first-order valence-electron chi connectivity index (χ1n) is 7.68. The van der Waals surface area contributed by atoms with Crippen LogP contribution in [0.1, 0.15) is 48.0 Å². The number of Topliss-reactive ketones (excluding diaryl/α,β-unsaturated/α-hetero) is 1. The highest BCUT2D eigenvalue weighted by molar-refractivity contribution is 9.10. The van der Waals surface area contributed by atoms with Crippen molar-refractivity contribution in [2.45, 2.75) is 45.1 Å². The van der Waals surface area contributed by atoms with Crippen molar-refractivity contribution in [1.29, 1.82) is 0 Å². The number of ketones is 1. The lowest BCUT2D eigenvalue weighted by atomic mass is 9.94. The SMILES string of the molecule is Cc1cc(Br)ccc1C(=O)N1CCCC1C1CCCC1=O. The molecule has 1 saturated carbocycles. The average molecular weight is 350 g/mol. The van der Waals surface area contributed by atoms with Gasteiger partial charge in [-0.3, -0.25) is 9.59 Å². The highest BCUT2D eigenvalue weighted by Gasteiger charge is 2.40. The van der Waals surface area contributed by atoms with E-state index in [1.54, 1.807) is 0 Å². The van der Waals surface area contributed by atoms with Crippen molar-refractivity contribution in [3.05, 3.63) is 33.8 Å². The molecular formula is C17H20BrNO2. The minimum Gasteiger partial charge on any atom is -0.335 e. The predicted molar refractivity (Wildman–Crippen MR) is 85.3 cm³/mol. The molecule has 1 aliphatic heterocycles. The van der Waals surface area contributed by atoms with E-state index in [0.29, 0.717) is 12.2 Å². The highest BCUT2D eigenvalue weighted by Crippen LogP contribution is 2.34. The Bertz CT molecular complexity index is 584. The molecule has 3 rings (SSSR count). The fourth-order valence-corrected chi connectivity index (χ4v) is 4.21. The molecule has 0 spiro atoms. The summed E-state index contributed by atoms with van der Waals surface area (Å²) >= 11 is 3.43. The van der Waals surface area contributed by atoms with Crippen LogP contribution in [0, 0.1) is 12.8 Å². The fourth-order valence-electron chi connectivity index (χ4n) is 3.73. The maximum absolute atomic E-state index is 12.9. The van der Waals surface area contributed by atoms with E-state index in [2.05, 4.69) is 15.9 Å². The Morgan fingerprint density at radius 1 is 1.29 bits per heavy atom. The van der Waals surface area contributed by atoms with Crippen LogP contribution in [-0.4, -0.2) is 29.2 Å². The quantitative estimate of drug-likeness (QED) is 0.815. The molecule has 1 heterocycles. The summed E-state index contributed by atoms with van der Waals surface area (Å²) in [5.41, 5.74) is 1.74. The van der Waals surface area contributed by atoms with Gasteiger partial charge in [0.25, 0.3) is 5.91 Å². The summed E-state index contributed by atoms with van der Waals surface area (Å²) in [6.45, 7) is 2.74. The van der Waals surface area contributed by atoms with Gasteiger partial charge in [-0.15, -0.1) is 0 Å². The monoisotopic (exact) mass is 349 g/mol. The lowest BCUT2D eigenvalue weighted by molar-refractivity contribution is -0.121. The van der Waals surface area contributed by atoms with Crippen LogP contribution in [0.5, 0.6) is 0 Å². The molecule has 1 aliphatic carbocycles. The zero-order valence-electron chi connectivity index (χ0n) is 12.3. The normalized spacial score (nSPS) is 25.6. The summed E-state index contributed by atoms with van der Waals surface area (Å²) in [6.07, 6.45) is 4.61. The standard InChI is InChI=1S/C17H20BrNO2/c1-11-10-12(18)7-8-13(11)17(21)19-9-3-5-15(19)14-4-2-6-16(14)20/h7-8,10,14-15H,2-6,9H2,1H3. The lowest BCUT2D eigenvalue weighted by Crippen LogP contribution is -2.41. The minimum atomic E-state index is 0.0761. The maximum Gasteiger partial charge on any atom is 0.254 e. The Balaban J connectivity index is 1.84. The molecule has 0 N–H and O–H groups in total. The molecule has 1 saturated heterocycles. The van der Waals surface area contributed by atoms with Crippen molar-refractivity contribution in [3.63, 3.8) is 0 Å². The average Bonchev–Trinajstić information content (AvgIpc) is 3.06. The summed E-state index contributed by atoms with van der Waals surface area (Å²) in [5, 5.41) is 0. The largest absolute Gasteiger partial charge is 0.335 e. The molecule has 0 bridgehead atoms. The van der Waals surface area contributed by atoms with Crippen molar-refractivity contribution in [1.82, 2.24) is 4.90 Å². The minimum absolute atomic E-state index is 0.0761. The van der Waals surface area contributed by atoms with Crippen LogP contribution in [0.25, 0.3) is 0 Å². The van der Waals surface area contributed by atoms with Gasteiger partial charge in [0.2, 0.25) is 0 Å². The highest BCUT2D eigenvalue weighted by atomic mass is 79.9. The van der Waals surface area contributed by atoms with Crippen LogP contribution >= 0.6 is 15.9 Å². The number of amides is 1. The van der Waals surface area contributed by atoms with E-state index in [1.165, 1.54) is 0 Å². The van der Waals surface area contributed by atoms with Crippen molar-refractivity contribution < 1.29 is 9.59 Å². The molecule has 4 heteroatoms. The number of halogens is 1. The second-order valence-electron chi connectivity index (χ2n) is 6.13. The van der Waals surface area contributed by atoms with Crippen LogP contribution in [0.2, 0.25) is 0 Å². The summed E-state index contributed by atoms with van der Waals surface area (Å²) in [4.78, 5) is 26.8. The van der Waals surface area contributed by atoms with Gasteiger partial charge in [0.05, 0.1) is 0 Å². The summed E-state index contributed by atoms with van der Waals surface area (Å²) in [7, 11) is 0. The topological polar surface area (TPSA) is 37.4 Å². The lowest BCUT2D eigenvalue weighted by Gasteiger charge is -2.29. The summed E-state index contributed by atoms with van der Waals surface area (Å²) in [5.74, 6) is 0.515. The van der Waals surface area contributed by atoms with Crippen LogP contribution < -0.4 is 0 Å². The third-order valence-electron chi connectivity index (χ3n) is 4.80. The Hall–Kier alpha value is -1.16. The molecule has 2 aliphatic rings. The van der Waals surface area contributed by atoms with Gasteiger partial charge in [0.15, 0.2) is 0 Å². The van der Waals surface area contributed by atoms with Crippen LogP contribution in [-0.2, 0) is 4.79 Å². The van der Waals surface area contributed by atoms with Gasteiger partial charge in [-0.2, -0.15) is 0 Å². The molecule has 21 heavy (non-hydrogen) atoms. The van der Waals surface area contributed by atoms with Crippen molar-refractivity contribution in [2.75, 3.05) is 6.54 Å². The molecule has 2 unspecified atom stereocenters. The van der Waals surface area contributed by atoms with E-state index in [9.17, 15) is 9.59 Å². The van der Waals surface area contributed by atoms with E-state index in [1.807, 2.05) is 30.0 Å². The van der Waals surface area contributed by atoms with Gasteiger partial charge in [0.1, 0.15) is 5.78 Å². The number of rotatable bonds is 2. The molecule has 0 aromatic heterocycles.